The van der Waals surface area contributed by atoms with Crippen LogP contribution in [0.25, 0.3) is 0 Å². The standard InChI is InChI=1S/C22H26ClN5O4S2/c1-5-28-20(14(4)32-16-7-8-17(23)13(3)9-16)26-27-22(28)34-12-18(29)25-21-24-15(11-33-21)10-19(30)31-6-2/h7-9,11,14H,5-6,10,12H2,1-4H3,(H,24,25,29). The van der Waals surface area contributed by atoms with E-state index in [2.05, 4.69) is 20.5 Å². The summed E-state index contributed by atoms with van der Waals surface area (Å²) in [6.45, 7) is 8.50. The van der Waals surface area contributed by atoms with E-state index in [9.17, 15) is 9.59 Å². The maximum Gasteiger partial charge on any atom is 0.311 e. The van der Waals surface area contributed by atoms with Crippen LogP contribution in [0.15, 0.2) is 28.7 Å². The van der Waals surface area contributed by atoms with Crippen LogP contribution in [0.1, 0.15) is 44.0 Å². The van der Waals surface area contributed by atoms with Gasteiger partial charge < -0.3 is 19.4 Å². The molecular weight excluding hydrogens is 498 g/mol. The summed E-state index contributed by atoms with van der Waals surface area (Å²) in [4.78, 5) is 28.2. The number of hydrogen-bond acceptors (Lipinski definition) is 9. The summed E-state index contributed by atoms with van der Waals surface area (Å²) < 4.78 is 12.9. The Bertz CT molecular complexity index is 1150. The summed E-state index contributed by atoms with van der Waals surface area (Å²) in [5.41, 5.74) is 1.49. The minimum Gasteiger partial charge on any atom is -0.483 e. The summed E-state index contributed by atoms with van der Waals surface area (Å²) in [5, 5.41) is 14.7. The highest BCUT2D eigenvalue weighted by molar-refractivity contribution is 7.99. The van der Waals surface area contributed by atoms with E-state index < -0.39 is 0 Å². The van der Waals surface area contributed by atoms with Gasteiger partial charge in [0.15, 0.2) is 22.2 Å². The molecule has 3 rings (SSSR count). The number of nitrogens with one attached hydrogen (secondary N) is 1. The topological polar surface area (TPSA) is 108 Å². The number of anilines is 1. The number of thioether (sulfide) groups is 1. The summed E-state index contributed by atoms with van der Waals surface area (Å²) >= 11 is 8.63. The Labute approximate surface area is 211 Å². The summed E-state index contributed by atoms with van der Waals surface area (Å²) in [5.74, 6) is 0.924. The fraction of sp³-hybridized carbons (Fsp3) is 0.409. The molecule has 3 aromatic rings. The Morgan fingerprint density at radius 2 is 2.09 bits per heavy atom. The number of halogens is 1. The molecule has 1 N–H and O–H groups in total. The Hall–Kier alpha value is -2.63. The molecule has 0 saturated heterocycles. The SMILES string of the molecule is CCOC(=O)Cc1csc(NC(=O)CSc2nnc(C(C)Oc3ccc(Cl)c(C)c3)n2CC)n1. The van der Waals surface area contributed by atoms with Crippen molar-refractivity contribution in [2.24, 2.45) is 0 Å². The third-order valence-electron chi connectivity index (χ3n) is 4.63. The average molecular weight is 524 g/mol. The van der Waals surface area contributed by atoms with Gasteiger partial charge in [0.1, 0.15) is 5.75 Å². The number of rotatable bonds is 11. The first-order valence-electron chi connectivity index (χ1n) is 10.7. The number of hydrogen-bond donors (Lipinski definition) is 1. The second kappa shape index (κ2) is 12.2. The molecule has 0 fully saturated rings. The number of benzene rings is 1. The smallest absolute Gasteiger partial charge is 0.311 e. The first kappa shape index (κ1) is 26.0. The molecule has 0 radical (unpaired) electrons. The number of aromatic nitrogens is 4. The number of carbonyl (C=O) groups is 2. The second-order valence-corrected chi connectivity index (χ2v) is 9.43. The normalized spacial score (nSPS) is 11.8. The lowest BCUT2D eigenvalue weighted by molar-refractivity contribution is -0.142. The van der Waals surface area contributed by atoms with Crippen LogP contribution in [0, 0.1) is 6.92 Å². The van der Waals surface area contributed by atoms with E-state index in [0.29, 0.717) is 45.7 Å². The van der Waals surface area contributed by atoms with Crippen molar-refractivity contribution in [3.63, 3.8) is 0 Å². The van der Waals surface area contributed by atoms with Gasteiger partial charge in [-0.1, -0.05) is 23.4 Å². The van der Waals surface area contributed by atoms with Crippen LogP contribution in [0.3, 0.4) is 0 Å². The molecule has 0 aliphatic heterocycles. The van der Waals surface area contributed by atoms with Crippen LogP contribution in [-0.4, -0.2) is 44.0 Å². The molecule has 9 nitrogen and oxygen atoms in total. The first-order valence-corrected chi connectivity index (χ1v) is 12.9. The van der Waals surface area contributed by atoms with Gasteiger partial charge in [0.2, 0.25) is 5.91 Å². The number of thiazole rings is 1. The molecule has 1 amide bonds. The predicted octanol–water partition coefficient (Wildman–Crippen LogP) is 4.69. The summed E-state index contributed by atoms with van der Waals surface area (Å²) in [6.07, 6.45) is -0.267. The molecule has 1 unspecified atom stereocenters. The maximum absolute atomic E-state index is 12.4. The highest BCUT2D eigenvalue weighted by Crippen LogP contribution is 2.27. The molecule has 0 bridgehead atoms. The van der Waals surface area contributed by atoms with E-state index >= 15 is 0 Å². The highest BCUT2D eigenvalue weighted by atomic mass is 35.5. The van der Waals surface area contributed by atoms with Crippen molar-refractivity contribution in [2.75, 3.05) is 17.7 Å². The molecule has 2 aromatic heterocycles. The van der Waals surface area contributed by atoms with Crippen LogP contribution in [0.2, 0.25) is 5.02 Å². The molecule has 12 heteroatoms. The predicted molar refractivity (Wildman–Crippen MR) is 133 cm³/mol. The highest BCUT2D eigenvalue weighted by Gasteiger charge is 2.20. The molecular formula is C22H26ClN5O4S2. The minimum atomic E-state index is -0.347. The Morgan fingerprint density at radius 3 is 2.79 bits per heavy atom. The van der Waals surface area contributed by atoms with Crippen LogP contribution < -0.4 is 10.1 Å². The minimum absolute atomic E-state index is 0.0766. The fourth-order valence-electron chi connectivity index (χ4n) is 3.04. The van der Waals surface area contributed by atoms with Crippen molar-refractivity contribution in [3.8, 4) is 5.75 Å². The van der Waals surface area contributed by atoms with Gasteiger partial charge in [-0.05, 0) is 51.5 Å². The Morgan fingerprint density at radius 1 is 1.29 bits per heavy atom. The maximum atomic E-state index is 12.4. The molecule has 1 atom stereocenters. The van der Waals surface area contributed by atoms with Gasteiger partial charge in [-0.15, -0.1) is 21.5 Å². The molecule has 0 aliphatic carbocycles. The van der Waals surface area contributed by atoms with Gasteiger partial charge in [-0.2, -0.15) is 0 Å². The number of ether oxygens (including phenoxy) is 2. The van der Waals surface area contributed by atoms with E-state index in [0.717, 1.165) is 5.56 Å². The molecule has 34 heavy (non-hydrogen) atoms. The van der Waals surface area contributed by atoms with Crippen molar-refractivity contribution in [1.82, 2.24) is 19.7 Å². The second-order valence-electron chi connectivity index (χ2n) is 7.22. The third-order valence-corrected chi connectivity index (χ3v) is 6.83. The molecule has 1 aromatic carbocycles. The van der Waals surface area contributed by atoms with Crippen molar-refractivity contribution in [3.05, 3.63) is 45.7 Å². The van der Waals surface area contributed by atoms with Crippen molar-refractivity contribution < 1.29 is 19.1 Å². The third kappa shape index (κ3) is 6.94. The molecule has 2 heterocycles. The van der Waals surface area contributed by atoms with Crippen LogP contribution in [0.5, 0.6) is 5.75 Å². The quantitative estimate of drug-likeness (QED) is 0.285. The zero-order valence-electron chi connectivity index (χ0n) is 19.3. The van der Waals surface area contributed by atoms with E-state index in [4.69, 9.17) is 21.1 Å². The van der Waals surface area contributed by atoms with Gasteiger partial charge >= 0.3 is 5.97 Å². The summed E-state index contributed by atoms with van der Waals surface area (Å²) in [6, 6.07) is 5.49. The summed E-state index contributed by atoms with van der Waals surface area (Å²) in [7, 11) is 0. The van der Waals surface area contributed by atoms with Crippen molar-refractivity contribution in [1.29, 1.82) is 0 Å². The van der Waals surface area contributed by atoms with E-state index in [-0.39, 0.29) is 30.2 Å². The number of esters is 1. The van der Waals surface area contributed by atoms with Gasteiger partial charge in [0.25, 0.3) is 0 Å². The Balaban J connectivity index is 1.57. The number of aryl methyl sites for hydroxylation is 1. The molecule has 182 valence electrons. The zero-order valence-corrected chi connectivity index (χ0v) is 21.7. The number of carbonyl (C=O) groups excluding carboxylic acids is 2. The lowest BCUT2D eigenvalue weighted by atomic mass is 10.2. The largest absolute Gasteiger partial charge is 0.483 e. The van der Waals surface area contributed by atoms with Crippen LogP contribution >= 0.6 is 34.7 Å². The van der Waals surface area contributed by atoms with Crippen LogP contribution in [-0.2, 0) is 27.3 Å². The Kier molecular flexibility index (Phi) is 9.31. The van der Waals surface area contributed by atoms with Gasteiger partial charge in [0, 0.05) is 16.9 Å². The van der Waals surface area contributed by atoms with E-state index in [1.54, 1.807) is 18.4 Å². The lowest BCUT2D eigenvalue weighted by Gasteiger charge is -2.16. The van der Waals surface area contributed by atoms with Gasteiger partial charge in [-0.25, -0.2) is 4.98 Å². The first-order chi connectivity index (χ1) is 16.3. The fourth-order valence-corrected chi connectivity index (χ4v) is 4.70. The van der Waals surface area contributed by atoms with Gasteiger partial charge in [-0.3, -0.25) is 9.59 Å². The van der Waals surface area contributed by atoms with E-state index in [1.165, 1.54) is 23.1 Å². The molecule has 0 aliphatic rings. The molecule has 0 spiro atoms. The van der Waals surface area contributed by atoms with E-state index in [1.807, 2.05) is 37.5 Å². The van der Waals surface area contributed by atoms with Gasteiger partial charge in [0.05, 0.1) is 24.5 Å². The number of amides is 1. The molecule has 0 saturated carbocycles. The monoisotopic (exact) mass is 523 g/mol. The van der Waals surface area contributed by atoms with Crippen molar-refractivity contribution >= 4 is 51.7 Å². The van der Waals surface area contributed by atoms with Crippen molar-refractivity contribution in [2.45, 2.75) is 51.9 Å². The van der Waals surface area contributed by atoms with Crippen LogP contribution in [0.4, 0.5) is 5.13 Å². The lowest BCUT2D eigenvalue weighted by Crippen LogP contribution is -2.15. The average Bonchev–Trinajstić information content (AvgIpc) is 3.41. The zero-order chi connectivity index (χ0) is 24.7. The number of nitrogens with zero attached hydrogens (tertiary/aromatic N) is 4.